The minimum Gasteiger partial charge on any atom is -0.480 e. The van der Waals surface area contributed by atoms with Crippen LogP contribution in [-0.4, -0.2) is 21.7 Å². The molecule has 2 aliphatic rings. The molecule has 0 spiro atoms. The van der Waals surface area contributed by atoms with E-state index < -0.39 is 0 Å². The summed E-state index contributed by atoms with van der Waals surface area (Å²) in [5, 5.41) is 0. The lowest BCUT2D eigenvalue weighted by molar-refractivity contribution is -0.122. The van der Waals surface area contributed by atoms with Gasteiger partial charge in [0, 0.05) is 12.1 Å². The Morgan fingerprint density at radius 2 is 1.62 bits per heavy atom. The van der Waals surface area contributed by atoms with Crippen molar-refractivity contribution in [3.63, 3.8) is 0 Å². The second kappa shape index (κ2) is 9.15. The maximum Gasteiger partial charge on any atom is 0.266 e. The van der Waals surface area contributed by atoms with Gasteiger partial charge in [-0.3, -0.25) is 9.69 Å². The van der Waals surface area contributed by atoms with Gasteiger partial charge in [-0.1, -0.05) is 103 Å². The van der Waals surface area contributed by atoms with Crippen LogP contribution < -0.4 is 4.74 Å². The van der Waals surface area contributed by atoms with E-state index in [-0.39, 0.29) is 12.0 Å². The van der Waals surface area contributed by atoms with Crippen molar-refractivity contribution in [2.45, 2.75) is 12.5 Å². The van der Waals surface area contributed by atoms with Gasteiger partial charge in [0.15, 0.2) is 0 Å². The smallest absolute Gasteiger partial charge is 0.266 e. The van der Waals surface area contributed by atoms with Crippen LogP contribution in [-0.2, 0) is 11.2 Å². The van der Waals surface area contributed by atoms with Crippen LogP contribution in [0.1, 0.15) is 22.8 Å². The van der Waals surface area contributed by atoms with E-state index in [9.17, 15) is 4.79 Å². The molecule has 0 N–H and O–H groups in total. The Morgan fingerprint density at radius 1 is 0.938 bits per heavy atom. The molecule has 158 valence electrons. The monoisotopic (exact) mass is 455 g/mol. The van der Waals surface area contributed by atoms with Gasteiger partial charge in [-0.2, -0.15) is 0 Å². The van der Waals surface area contributed by atoms with E-state index in [0.29, 0.717) is 15.8 Å². The van der Waals surface area contributed by atoms with Crippen molar-refractivity contribution >= 4 is 40.3 Å². The first kappa shape index (κ1) is 20.7. The largest absolute Gasteiger partial charge is 0.480 e. The van der Waals surface area contributed by atoms with Crippen molar-refractivity contribution in [3.05, 3.63) is 118 Å². The highest BCUT2D eigenvalue weighted by atomic mass is 32.2. The fourth-order valence-corrected chi connectivity index (χ4v) is 5.20. The van der Waals surface area contributed by atoms with Crippen molar-refractivity contribution in [1.29, 1.82) is 0 Å². The molecule has 0 saturated carbocycles. The van der Waals surface area contributed by atoms with Gasteiger partial charge >= 0.3 is 0 Å². The van der Waals surface area contributed by atoms with Crippen LogP contribution in [0.3, 0.4) is 0 Å². The van der Waals surface area contributed by atoms with Crippen LogP contribution in [0.5, 0.6) is 5.75 Å². The third kappa shape index (κ3) is 4.27. The number of para-hydroxylation sites is 1. The zero-order valence-corrected chi connectivity index (χ0v) is 18.9. The molecule has 3 aromatic carbocycles. The molecule has 1 saturated heterocycles. The maximum atomic E-state index is 13.2. The number of fused-ring (bicyclic) bond motifs is 1. The van der Waals surface area contributed by atoms with E-state index in [1.54, 1.807) is 4.90 Å². The molecule has 2 heterocycles. The van der Waals surface area contributed by atoms with Crippen LogP contribution in [0.2, 0.25) is 0 Å². The molecule has 3 aromatic rings. The average Bonchev–Trinajstić information content (AvgIpc) is 3.10. The molecule has 32 heavy (non-hydrogen) atoms. The summed E-state index contributed by atoms with van der Waals surface area (Å²) in [6.07, 6.45) is 4.54. The molecule has 0 aliphatic carbocycles. The molecule has 0 aromatic heterocycles. The van der Waals surface area contributed by atoms with Gasteiger partial charge in [0.2, 0.25) is 0 Å². The van der Waals surface area contributed by atoms with Crippen LogP contribution in [0.15, 0.2) is 101 Å². The van der Waals surface area contributed by atoms with Gasteiger partial charge < -0.3 is 4.74 Å². The molecule has 1 unspecified atom stereocenters. The van der Waals surface area contributed by atoms with E-state index in [1.165, 1.54) is 17.3 Å². The summed E-state index contributed by atoms with van der Waals surface area (Å²) in [5.41, 5.74) is 4.18. The minimum atomic E-state index is -0.279. The maximum absolute atomic E-state index is 13.2. The highest BCUT2D eigenvalue weighted by molar-refractivity contribution is 8.26. The lowest BCUT2D eigenvalue weighted by atomic mass is 9.95. The van der Waals surface area contributed by atoms with E-state index in [4.69, 9.17) is 17.0 Å². The summed E-state index contributed by atoms with van der Waals surface area (Å²) in [4.78, 5) is 15.5. The number of thiocarbonyl (C=S) groups is 1. The molecule has 1 amide bonds. The number of nitrogens with zero attached hydrogens (tertiary/aromatic N) is 1. The lowest BCUT2D eigenvalue weighted by Crippen LogP contribution is -2.30. The zero-order valence-electron chi connectivity index (χ0n) is 17.3. The molecular weight excluding hydrogens is 434 g/mol. The zero-order chi connectivity index (χ0) is 21.9. The van der Waals surface area contributed by atoms with Crippen LogP contribution >= 0.6 is 24.0 Å². The molecular formula is C27H21NO2S2. The molecule has 5 rings (SSSR count). The Kier molecular flexibility index (Phi) is 5.93. The Balaban J connectivity index is 1.43. The molecule has 1 fully saturated rings. The number of hydrogen-bond acceptors (Lipinski definition) is 4. The van der Waals surface area contributed by atoms with E-state index in [0.717, 1.165) is 28.9 Å². The summed E-state index contributed by atoms with van der Waals surface area (Å²) in [7, 11) is 0. The highest BCUT2D eigenvalue weighted by Gasteiger charge is 2.33. The number of benzene rings is 3. The van der Waals surface area contributed by atoms with Gasteiger partial charge in [0.05, 0.1) is 4.91 Å². The molecule has 0 radical (unpaired) electrons. The molecule has 5 heteroatoms. The molecule has 2 aliphatic heterocycles. The Labute approximate surface area is 197 Å². The SMILES string of the molecule is O=C1/C(=C/C2=Cc3ccccc3OC2c2ccccc2)SC(=S)N1CCc1ccccc1. The predicted molar refractivity (Wildman–Crippen MR) is 134 cm³/mol. The second-order valence-corrected chi connectivity index (χ2v) is 9.34. The average molecular weight is 456 g/mol. The molecule has 3 nitrogen and oxygen atoms in total. The first-order valence-electron chi connectivity index (χ1n) is 10.5. The van der Waals surface area contributed by atoms with Gasteiger partial charge in [0.1, 0.15) is 16.2 Å². The third-order valence-corrected chi connectivity index (χ3v) is 6.91. The fraction of sp³-hybridized carbons (Fsp3) is 0.111. The molecule has 0 bridgehead atoms. The van der Waals surface area contributed by atoms with Crippen molar-refractivity contribution in [2.75, 3.05) is 6.54 Å². The van der Waals surface area contributed by atoms with Crippen molar-refractivity contribution in [1.82, 2.24) is 4.90 Å². The summed E-state index contributed by atoms with van der Waals surface area (Å²) < 4.78 is 6.96. The fourth-order valence-electron chi connectivity index (χ4n) is 3.89. The van der Waals surface area contributed by atoms with E-state index in [1.807, 2.05) is 78.9 Å². The molecule has 1 atom stereocenters. The topological polar surface area (TPSA) is 29.5 Å². The standard InChI is InChI=1S/C27H21NO2S2/c29-26-24(32-27(31)28(26)16-15-19-9-3-1-4-10-19)18-22-17-21-13-7-8-14-23(21)30-25(22)20-11-5-2-6-12-20/h1-14,17-18,25H,15-16H2/b24-18-. The quantitative estimate of drug-likeness (QED) is 0.339. The lowest BCUT2D eigenvalue weighted by Gasteiger charge is -2.26. The van der Waals surface area contributed by atoms with Crippen molar-refractivity contribution in [2.24, 2.45) is 0 Å². The number of thioether (sulfide) groups is 1. The Morgan fingerprint density at radius 3 is 2.41 bits per heavy atom. The second-order valence-electron chi connectivity index (χ2n) is 7.66. The summed E-state index contributed by atoms with van der Waals surface area (Å²) in [6, 6.07) is 28.2. The highest BCUT2D eigenvalue weighted by Crippen LogP contribution is 2.40. The van der Waals surface area contributed by atoms with Gasteiger partial charge in [-0.25, -0.2) is 0 Å². The number of carbonyl (C=O) groups excluding carboxylic acids is 1. The van der Waals surface area contributed by atoms with Gasteiger partial charge in [0.25, 0.3) is 5.91 Å². The van der Waals surface area contributed by atoms with Gasteiger partial charge in [-0.15, -0.1) is 0 Å². The summed E-state index contributed by atoms with van der Waals surface area (Å²) in [5.74, 6) is 0.802. The minimum absolute atomic E-state index is 0.0394. The predicted octanol–water partition coefficient (Wildman–Crippen LogP) is 6.19. The number of amides is 1. The number of rotatable bonds is 5. The number of ether oxygens (including phenoxy) is 1. The van der Waals surface area contributed by atoms with Crippen LogP contribution in [0, 0.1) is 0 Å². The normalized spacial score (nSPS) is 19.0. The summed E-state index contributed by atoms with van der Waals surface area (Å²) >= 11 is 6.90. The first-order valence-corrected chi connectivity index (χ1v) is 11.7. The van der Waals surface area contributed by atoms with E-state index >= 15 is 0 Å². The Bertz CT molecular complexity index is 1220. The number of hydrogen-bond donors (Lipinski definition) is 0. The Hall–Kier alpha value is -3.15. The number of carbonyl (C=O) groups is 1. The first-order chi connectivity index (χ1) is 15.7. The van der Waals surface area contributed by atoms with E-state index in [2.05, 4.69) is 18.2 Å². The third-order valence-electron chi connectivity index (χ3n) is 5.53. The summed E-state index contributed by atoms with van der Waals surface area (Å²) in [6.45, 7) is 0.576. The van der Waals surface area contributed by atoms with Crippen LogP contribution in [0.25, 0.3) is 6.08 Å². The van der Waals surface area contributed by atoms with Gasteiger partial charge in [-0.05, 0) is 41.3 Å². The van der Waals surface area contributed by atoms with Crippen LogP contribution in [0.4, 0.5) is 0 Å². The van der Waals surface area contributed by atoms with Crippen molar-refractivity contribution in [3.8, 4) is 5.75 Å². The van der Waals surface area contributed by atoms with Crippen molar-refractivity contribution < 1.29 is 9.53 Å².